The van der Waals surface area contributed by atoms with Gasteiger partial charge in [0, 0.05) is 22.7 Å². The molecule has 1 fully saturated rings. The Morgan fingerprint density at radius 3 is 2.50 bits per heavy atom. The Hall–Kier alpha value is -0.660. The van der Waals surface area contributed by atoms with Gasteiger partial charge in [-0.1, -0.05) is 6.92 Å². The van der Waals surface area contributed by atoms with Gasteiger partial charge in [0.15, 0.2) is 0 Å². The Balaban J connectivity index is 2.45. The first-order valence-electron chi connectivity index (χ1n) is 3.89. The molecule has 2 aliphatic carbocycles. The number of fused-ring (bicyclic) bond motifs is 2. The van der Waals surface area contributed by atoms with E-state index in [2.05, 4.69) is 6.92 Å². The average molecular weight is 138 g/mol. The zero-order valence-electron chi connectivity index (χ0n) is 6.35. The molecule has 0 spiro atoms. The maximum absolute atomic E-state index is 5.85. The summed E-state index contributed by atoms with van der Waals surface area (Å²) in [7, 11) is 0. The SMILES string of the molecule is CC12CCC(C1)C(N)=C2N. The van der Waals surface area contributed by atoms with E-state index in [4.69, 9.17) is 11.5 Å². The van der Waals surface area contributed by atoms with Gasteiger partial charge < -0.3 is 11.5 Å². The van der Waals surface area contributed by atoms with Gasteiger partial charge in [0.25, 0.3) is 0 Å². The van der Waals surface area contributed by atoms with E-state index < -0.39 is 0 Å². The molecule has 2 rings (SSSR count). The van der Waals surface area contributed by atoms with Crippen molar-refractivity contribution in [3.63, 3.8) is 0 Å². The molecule has 56 valence electrons. The van der Waals surface area contributed by atoms with E-state index in [0.29, 0.717) is 5.92 Å². The van der Waals surface area contributed by atoms with Gasteiger partial charge in [-0.3, -0.25) is 0 Å². The second kappa shape index (κ2) is 1.49. The molecular formula is C8H14N2. The van der Waals surface area contributed by atoms with Crippen LogP contribution in [0.3, 0.4) is 0 Å². The third-order valence-corrected chi connectivity index (χ3v) is 3.14. The first-order valence-corrected chi connectivity index (χ1v) is 3.89. The molecule has 0 amide bonds. The lowest BCUT2D eigenvalue weighted by Crippen LogP contribution is -2.22. The molecule has 0 aliphatic heterocycles. The predicted octanol–water partition coefficient (Wildman–Crippen LogP) is 0.935. The van der Waals surface area contributed by atoms with Crippen molar-refractivity contribution >= 4 is 0 Å². The highest BCUT2D eigenvalue weighted by molar-refractivity contribution is 5.29. The molecule has 4 N–H and O–H groups in total. The maximum atomic E-state index is 5.85. The molecule has 2 unspecified atom stereocenters. The monoisotopic (exact) mass is 138 g/mol. The number of hydrogen-bond donors (Lipinski definition) is 2. The summed E-state index contributed by atoms with van der Waals surface area (Å²) in [6.45, 7) is 2.22. The molecule has 2 aliphatic rings. The fraction of sp³-hybridized carbons (Fsp3) is 0.750. The first kappa shape index (κ1) is 6.08. The molecule has 0 aromatic rings. The van der Waals surface area contributed by atoms with E-state index in [1.54, 1.807) is 0 Å². The molecule has 0 aromatic heterocycles. The largest absolute Gasteiger partial charge is 0.400 e. The number of hydrogen-bond acceptors (Lipinski definition) is 2. The van der Waals surface area contributed by atoms with Gasteiger partial charge in [-0.2, -0.15) is 0 Å². The van der Waals surface area contributed by atoms with Gasteiger partial charge in [-0.15, -0.1) is 0 Å². The Morgan fingerprint density at radius 1 is 1.50 bits per heavy atom. The molecule has 0 aromatic carbocycles. The van der Waals surface area contributed by atoms with Crippen molar-refractivity contribution in [1.29, 1.82) is 0 Å². The fourth-order valence-corrected chi connectivity index (χ4v) is 2.32. The second-order valence-corrected chi connectivity index (χ2v) is 3.87. The summed E-state index contributed by atoms with van der Waals surface area (Å²) in [6.07, 6.45) is 3.69. The van der Waals surface area contributed by atoms with Crippen molar-refractivity contribution in [3.8, 4) is 0 Å². The molecule has 2 heteroatoms. The van der Waals surface area contributed by atoms with Gasteiger partial charge in [0.05, 0.1) is 0 Å². The van der Waals surface area contributed by atoms with Crippen LogP contribution in [0.5, 0.6) is 0 Å². The molecule has 1 saturated carbocycles. The van der Waals surface area contributed by atoms with E-state index in [1.807, 2.05) is 0 Å². The van der Waals surface area contributed by atoms with Crippen LogP contribution in [-0.4, -0.2) is 0 Å². The summed E-state index contributed by atoms with van der Waals surface area (Å²) in [6, 6.07) is 0. The molecule has 2 nitrogen and oxygen atoms in total. The molecule has 10 heavy (non-hydrogen) atoms. The predicted molar refractivity (Wildman–Crippen MR) is 40.8 cm³/mol. The fourth-order valence-electron chi connectivity index (χ4n) is 2.32. The van der Waals surface area contributed by atoms with Crippen LogP contribution >= 0.6 is 0 Å². The minimum Gasteiger partial charge on any atom is -0.400 e. The summed E-state index contributed by atoms with van der Waals surface area (Å²) < 4.78 is 0. The van der Waals surface area contributed by atoms with E-state index in [-0.39, 0.29) is 5.41 Å². The quantitative estimate of drug-likeness (QED) is 0.523. The van der Waals surface area contributed by atoms with Crippen molar-refractivity contribution in [1.82, 2.24) is 0 Å². The van der Waals surface area contributed by atoms with Crippen LogP contribution in [0.1, 0.15) is 26.2 Å². The van der Waals surface area contributed by atoms with Crippen LogP contribution in [0.25, 0.3) is 0 Å². The van der Waals surface area contributed by atoms with Gasteiger partial charge in [-0.05, 0) is 19.3 Å². The summed E-state index contributed by atoms with van der Waals surface area (Å²) in [5, 5.41) is 0. The molecule has 2 bridgehead atoms. The van der Waals surface area contributed by atoms with Gasteiger partial charge >= 0.3 is 0 Å². The van der Waals surface area contributed by atoms with Crippen LogP contribution in [0.2, 0.25) is 0 Å². The van der Waals surface area contributed by atoms with Gasteiger partial charge in [-0.25, -0.2) is 0 Å². The summed E-state index contributed by atoms with van der Waals surface area (Å²) >= 11 is 0. The molecular weight excluding hydrogens is 124 g/mol. The minimum absolute atomic E-state index is 0.273. The Kier molecular flexibility index (Phi) is 0.908. The van der Waals surface area contributed by atoms with Gasteiger partial charge in [0.2, 0.25) is 0 Å². The maximum Gasteiger partial charge on any atom is 0.0334 e. The minimum atomic E-state index is 0.273. The molecule has 2 atom stereocenters. The van der Waals surface area contributed by atoms with E-state index >= 15 is 0 Å². The Bertz CT molecular complexity index is 207. The summed E-state index contributed by atoms with van der Waals surface area (Å²) in [5.74, 6) is 0.616. The highest BCUT2D eigenvalue weighted by Crippen LogP contribution is 2.53. The molecule has 0 radical (unpaired) electrons. The summed E-state index contributed by atoms with van der Waals surface area (Å²) in [5.41, 5.74) is 13.9. The Labute approximate surface area is 61.3 Å². The number of allylic oxidation sites excluding steroid dienone is 2. The number of rotatable bonds is 0. The zero-order valence-corrected chi connectivity index (χ0v) is 6.35. The molecule has 0 saturated heterocycles. The van der Waals surface area contributed by atoms with E-state index in [0.717, 1.165) is 11.4 Å². The number of nitrogens with two attached hydrogens (primary N) is 2. The highest BCUT2D eigenvalue weighted by Gasteiger charge is 2.45. The van der Waals surface area contributed by atoms with E-state index in [1.165, 1.54) is 19.3 Å². The van der Waals surface area contributed by atoms with Crippen LogP contribution in [0.4, 0.5) is 0 Å². The standard InChI is InChI=1S/C8H14N2/c1-8-3-2-5(4-8)6(9)7(8)10/h5H,2-4,9-10H2,1H3. The smallest absolute Gasteiger partial charge is 0.0334 e. The van der Waals surface area contributed by atoms with Crippen molar-refractivity contribution < 1.29 is 0 Å². The topological polar surface area (TPSA) is 52.0 Å². The Morgan fingerprint density at radius 2 is 2.20 bits per heavy atom. The van der Waals surface area contributed by atoms with Gasteiger partial charge in [0.1, 0.15) is 0 Å². The van der Waals surface area contributed by atoms with Crippen molar-refractivity contribution in [2.45, 2.75) is 26.2 Å². The van der Waals surface area contributed by atoms with Crippen molar-refractivity contribution in [3.05, 3.63) is 11.4 Å². The lowest BCUT2D eigenvalue weighted by molar-refractivity contribution is 0.419. The normalized spacial score (nSPS) is 45.1. The second-order valence-electron chi connectivity index (χ2n) is 3.87. The van der Waals surface area contributed by atoms with Crippen LogP contribution in [0.15, 0.2) is 11.4 Å². The van der Waals surface area contributed by atoms with E-state index in [9.17, 15) is 0 Å². The summed E-state index contributed by atoms with van der Waals surface area (Å²) in [4.78, 5) is 0. The average Bonchev–Trinajstić information content (AvgIpc) is 2.35. The zero-order chi connectivity index (χ0) is 7.35. The van der Waals surface area contributed by atoms with Crippen LogP contribution in [-0.2, 0) is 0 Å². The third kappa shape index (κ3) is 0.498. The van der Waals surface area contributed by atoms with Crippen molar-refractivity contribution in [2.75, 3.05) is 0 Å². The lowest BCUT2D eigenvalue weighted by atomic mass is 9.87. The van der Waals surface area contributed by atoms with Crippen LogP contribution < -0.4 is 11.5 Å². The van der Waals surface area contributed by atoms with Crippen molar-refractivity contribution in [2.24, 2.45) is 22.8 Å². The third-order valence-electron chi connectivity index (χ3n) is 3.14. The highest BCUT2D eigenvalue weighted by atomic mass is 14.8. The first-order chi connectivity index (χ1) is 4.63. The lowest BCUT2D eigenvalue weighted by Gasteiger charge is -2.22. The molecule has 0 heterocycles. The van der Waals surface area contributed by atoms with Crippen LogP contribution in [0, 0.1) is 11.3 Å².